The highest BCUT2D eigenvalue weighted by molar-refractivity contribution is 8.01. The van der Waals surface area contributed by atoms with Crippen LogP contribution >= 0.6 is 23.1 Å². The standard InChI is InChI=1S/C24H21N7S2/c1-15-13-16(2)27-23(26-15)29-25-14-19-17(3)30-31(18-9-5-4-6-10-18)22(19)33-24-28-20-11-7-8-12-21(20)32-24/h4-14H,1-3H3,(H,26,27,29). The number of para-hydroxylation sites is 2. The van der Waals surface area contributed by atoms with E-state index in [0.717, 1.165) is 47.9 Å². The molecule has 3 heterocycles. The fraction of sp³-hybridized carbons (Fsp3) is 0.125. The number of rotatable bonds is 6. The minimum absolute atomic E-state index is 0.470. The van der Waals surface area contributed by atoms with Crippen molar-refractivity contribution in [2.75, 3.05) is 5.43 Å². The number of aryl methyl sites for hydroxylation is 3. The number of nitrogens with zero attached hydrogens (tertiary/aromatic N) is 6. The van der Waals surface area contributed by atoms with Gasteiger partial charge in [0.2, 0.25) is 5.95 Å². The van der Waals surface area contributed by atoms with Crippen LogP contribution in [0.1, 0.15) is 22.6 Å². The van der Waals surface area contributed by atoms with Crippen molar-refractivity contribution in [3.63, 3.8) is 0 Å². The molecule has 0 aliphatic carbocycles. The highest BCUT2D eigenvalue weighted by Gasteiger charge is 2.18. The summed E-state index contributed by atoms with van der Waals surface area (Å²) >= 11 is 3.26. The quantitative estimate of drug-likeness (QED) is 0.249. The maximum absolute atomic E-state index is 4.81. The van der Waals surface area contributed by atoms with E-state index in [9.17, 15) is 0 Å². The Bertz CT molecular complexity index is 1400. The van der Waals surface area contributed by atoms with Crippen LogP contribution in [0.15, 0.2) is 75.1 Å². The zero-order valence-corrected chi connectivity index (χ0v) is 20.0. The van der Waals surface area contributed by atoms with Crippen LogP contribution in [0.2, 0.25) is 0 Å². The van der Waals surface area contributed by atoms with E-state index in [1.807, 2.05) is 80.1 Å². The average Bonchev–Trinajstić information content (AvgIpc) is 3.35. The van der Waals surface area contributed by atoms with Crippen LogP contribution in [0.25, 0.3) is 15.9 Å². The van der Waals surface area contributed by atoms with E-state index in [4.69, 9.17) is 10.1 Å². The molecule has 0 saturated heterocycles. The van der Waals surface area contributed by atoms with Gasteiger partial charge in [0.15, 0.2) is 4.34 Å². The van der Waals surface area contributed by atoms with Gasteiger partial charge < -0.3 is 0 Å². The van der Waals surface area contributed by atoms with Crippen molar-refractivity contribution in [2.45, 2.75) is 30.1 Å². The molecule has 0 bridgehead atoms. The summed E-state index contributed by atoms with van der Waals surface area (Å²) in [6.07, 6.45) is 1.78. The summed E-state index contributed by atoms with van der Waals surface area (Å²) in [6, 6.07) is 20.2. The Morgan fingerprint density at radius 2 is 1.67 bits per heavy atom. The third-order valence-electron chi connectivity index (χ3n) is 4.86. The van der Waals surface area contributed by atoms with Crippen LogP contribution in [0.3, 0.4) is 0 Å². The first kappa shape index (κ1) is 21.3. The maximum atomic E-state index is 4.81. The molecule has 0 fully saturated rings. The molecule has 0 unspecified atom stereocenters. The Morgan fingerprint density at radius 3 is 2.42 bits per heavy atom. The molecule has 5 rings (SSSR count). The SMILES string of the molecule is Cc1cc(C)nc(NN=Cc2c(C)nn(-c3ccccc3)c2Sc2nc3ccccc3s2)n1. The summed E-state index contributed by atoms with van der Waals surface area (Å²) in [4.78, 5) is 13.6. The fourth-order valence-corrected chi connectivity index (χ4v) is 5.64. The molecule has 0 saturated carbocycles. The molecule has 0 aliphatic rings. The third kappa shape index (κ3) is 4.64. The number of anilines is 1. The van der Waals surface area contributed by atoms with Gasteiger partial charge in [-0.25, -0.2) is 25.1 Å². The first-order chi connectivity index (χ1) is 16.1. The minimum atomic E-state index is 0.470. The number of benzene rings is 2. The lowest BCUT2D eigenvalue weighted by atomic mass is 10.3. The number of hydrogen-bond donors (Lipinski definition) is 1. The molecule has 0 aliphatic heterocycles. The highest BCUT2D eigenvalue weighted by atomic mass is 32.2. The summed E-state index contributed by atoms with van der Waals surface area (Å²) in [5, 5.41) is 10.2. The molecule has 2 aromatic carbocycles. The van der Waals surface area contributed by atoms with Gasteiger partial charge in [-0.1, -0.05) is 30.3 Å². The van der Waals surface area contributed by atoms with Gasteiger partial charge >= 0.3 is 0 Å². The van der Waals surface area contributed by atoms with Crippen LogP contribution in [0, 0.1) is 20.8 Å². The van der Waals surface area contributed by atoms with Crippen molar-refractivity contribution in [1.82, 2.24) is 24.7 Å². The molecule has 3 aromatic heterocycles. The van der Waals surface area contributed by atoms with Gasteiger partial charge in [0.25, 0.3) is 0 Å². The van der Waals surface area contributed by atoms with E-state index >= 15 is 0 Å². The second kappa shape index (κ2) is 9.13. The van der Waals surface area contributed by atoms with E-state index in [-0.39, 0.29) is 0 Å². The Kier molecular flexibility index (Phi) is 5.89. The number of thiazole rings is 1. The van der Waals surface area contributed by atoms with Gasteiger partial charge in [0.05, 0.1) is 33.4 Å². The molecule has 33 heavy (non-hydrogen) atoms. The summed E-state index contributed by atoms with van der Waals surface area (Å²) in [6.45, 7) is 5.85. The van der Waals surface area contributed by atoms with E-state index in [2.05, 4.69) is 26.6 Å². The zero-order chi connectivity index (χ0) is 22.8. The second-order valence-corrected chi connectivity index (χ2v) is 9.71. The second-order valence-electron chi connectivity index (χ2n) is 7.45. The smallest absolute Gasteiger partial charge is 0.243 e. The van der Waals surface area contributed by atoms with Gasteiger partial charge in [-0.3, -0.25) is 0 Å². The van der Waals surface area contributed by atoms with Crippen molar-refractivity contribution in [2.24, 2.45) is 5.10 Å². The predicted octanol–water partition coefficient (Wildman–Crippen LogP) is 5.79. The van der Waals surface area contributed by atoms with Gasteiger partial charge in [-0.15, -0.1) is 11.3 Å². The van der Waals surface area contributed by atoms with Gasteiger partial charge in [0.1, 0.15) is 5.03 Å². The van der Waals surface area contributed by atoms with E-state index in [0.29, 0.717) is 5.95 Å². The summed E-state index contributed by atoms with van der Waals surface area (Å²) < 4.78 is 4.06. The molecule has 164 valence electrons. The normalized spacial score (nSPS) is 11.5. The lowest BCUT2D eigenvalue weighted by molar-refractivity contribution is 0.793. The van der Waals surface area contributed by atoms with Gasteiger partial charge in [-0.05, 0) is 62.9 Å². The number of fused-ring (bicyclic) bond motifs is 1. The van der Waals surface area contributed by atoms with Gasteiger partial charge in [0, 0.05) is 11.4 Å². The summed E-state index contributed by atoms with van der Waals surface area (Å²) in [5.74, 6) is 0.470. The molecule has 0 radical (unpaired) electrons. The van der Waals surface area contributed by atoms with Crippen molar-refractivity contribution in [1.29, 1.82) is 0 Å². The molecule has 5 aromatic rings. The van der Waals surface area contributed by atoms with Crippen molar-refractivity contribution in [3.05, 3.63) is 83.3 Å². The number of hydrogen-bond acceptors (Lipinski definition) is 8. The molecule has 0 spiro atoms. The predicted molar refractivity (Wildman–Crippen MR) is 135 cm³/mol. The van der Waals surface area contributed by atoms with Crippen LogP contribution in [-0.2, 0) is 0 Å². The van der Waals surface area contributed by atoms with E-state index in [1.54, 1.807) is 29.3 Å². The molecular formula is C24H21N7S2. The van der Waals surface area contributed by atoms with Crippen molar-refractivity contribution < 1.29 is 0 Å². The van der Waals surface area contributed by atoms with Crippen LogP contribution in [-0.4, -0.2) is 30.9 Å². The monoisotopic (exact) mass is 471 g/mol. The fourth-order valence-electron chi connectivity index (χ4n) is 3.42. The third-order valence-corrected chi connectivity index (χ3v) is 7.05. The number of aromatic nitrogens is 5. The largest absolute Gasteiger partial charge is 0.245 e. The Morgan fingerprint density at radius 1 is 0.939 bits per heavy atom. The molecular weight excluding hydrogens is 450 g/mol. The lowest BCUT2D eigenvalue weighted by Crippen LogP contribution is -2.01. The van der Waals surface area contributed by atoms with Crippen molar-refractivity contribution >= 4 is 45.5 Å². The Balaban J connectivity index is 1.53. The van der Waals surface area contributed by atoms with Crippen LogP contribution in [0.5, 0.6) is 0 Å². The molecule has 0 atom stereocenters. The van der Waals surface area contributed by atoms with Crippen LogP contribution < -0.4 is 5.43 Å². The first-order valence-electron chi connectivity index (χ1n) is 10.4. The minimum Gasteiger partial charge on any atom is -0.245 e. The molecule has 1 N–H and O–H groups in total. The Hall–Kier alpha value is -3.56. The molecule has 9 heteroatoms. The zero-order valence-electron chi connectivity index (χ0n) is 18.4. The molecule has 7 nitrogen and oxygen atoms in total. The van der Waals surface area contributed by atoms with Crippen molar-refractivity contribution in [3.8, 4) is 5.69 Å². The van der Waals surface area contributed by atoms with Gasteiger partial charge in [-0.2, -0.15) is 10.2 Å². The summed E-state index contributed by atoms with van der Waals surface area (Å²) in [5.41, 5.74) is 8.49. The Labute approximate surface area is 199 Å². The number of nitrogens with one attached hydrogen (secondary N) is 1. The topological polar surface area (TPSA) is 80.9 Å². The summed E-state index contributed by atoms with van der Waals surface area (Å²) in [7, 11) is 0. The highest BCUT2D eigenvalue weighted by Crippen LogP contribution is 2.37. The lowest BCUT2D eigenvalue weighted by Gasteiger charge is -2.06. The average molecular weight is 472 g/mol. The number of hydrazone groups is 1. The van der Waals surface area contributed by atoms with Crippen LogP contribution in [0.4, 0.5) is 5.95 Å². The molecule has 0 amide bonds. The first-order valence-corrected chi connectivity index (χ1v) is 12.0. The van der Waals surface area contributed by atoms with E-state index < -0.39 is 0 Å². The maximum Gasteiger partial charge on any atom is 0.243 e. The van der Waals surface area contributed by atoms with E-state index in [1.165, 1.54) is 0 Å².